The van der Waals surface area contributed by atoms with E-state index in [0.29, 0.717) is 17.9 Å². The van der Waals surface area contributed by atoms with Gasteiger partial charge in [-0.3, -0.25) is 9.59 Å². The fourth-order valence-corrected chi connectivity index (χ4v) is 2.43. The van der Waals surface area contributed by atoms with Crippen LogP contribution in [0.2, 0.25) is 0 Å². The second-order valence-corrected chi connectivity index (χ2v) is 5.82. The molecule has 0 saturated carbocycles. The van der Waals surface area contributed by atoms with Crippen molar-refractivity contribution in [1.29, 1.82) is 0 Å². The first kappa shape index (κ1) is 18.7. The summed E-state index contributed by atoms with van der Waals surface area (Å²) >= 11 is 0. The minimum absolute atomic E-state index is 0.00553. The smallest absolute Gasteiger partial charge is 0.303 e. The molecule has 0 spiro atoms. The van der Waals surface area contributed by atoms with Gasteiger partial charge in [-0.25, -0.2) is 0 Å². The molecule has 0 atom stereocenters. The average Bonchev–Trinajstić information content (AvgIpc) is 2.59. The lowest BCUT2D eigenvalue weighted by Gasteiger charge is -2.11. The second kappa shape index (κ2) is 8.99. The predicted molar refractivity (Wildman–Crippen MR) is 93.8 cm³/mol. The molecule has 0 aliphatic heterocycles. The number of aliphatic carboxylic acids is 1. The highest BCUT2D eigenvalue weighted by molar-refractivity contribution is 5.97. The Morgan fingerprint density at radius 3 is 2.20 bits per heavy atom. The number of carboxylic acid groups (broad SMARTS) is 1. The van der Waals surface area contributed by atoms with Crippen LogP contribution in [0.4, 0.5) is 0 Å². The van der Waals surface area contributed by atoms with Gasteiger partial charge in [0, 0.05) is 12.0 Å². The van der Waals surface area contributed by atoms with Crippen LogP contribution in [0.15, 0.2) is 42.5 Å². The molecule has 5 nitrogen and oxygen atoms in total. The number of rotatable bonds is 9. The molecule has 0 radical (unpaired) electrons. The van der Waals surface area contributed by atoms with Crippen LogP contribution in [0.5, 0.6) is 5.75 Å². The van der Waals surface area contributed by atoms with Crippen LogP contribution in [0.25, 0.3) is 0 Å². The van der Waals surface area contributed by atoms with Crippen molar-refractivity contribution in [3.63, 3.8) is 0 Å². The van der Waals surface area contributed by atoms with E-state index in [1.807, 2.05) is 32.0 Å². The van der Waals surface area contributed by atoms with Crippen LogP contribution in [0.1, 0.15) is 39.9 Å². The van der Waals surface area contributed by atoms with Gasteiger partial charge in [0.25, 0.3) is 0 Å². The Morgan fingerprint density at radius 2 is 1.60 bits per heavy atom. The number of Topliss-reactive ketones (excluding diaryl/α,β-unsaturated/α-hetero) is 1. The van der Waals surface area contributed by atoms with E-state index in [1.165, 1.54) is 11.1 Å². The minimum atomic E-state index is -0.977. The van der Waals surface area contributed by atoms with Gasteiger partial charge in [0.15, 0.2) is 12.6 Å². The molecule has 132 valence electrons. The molecule has 0 heterocycles. The van der Waals surface area contributed by atoms with E-state index in [-0.39, 0.29) is 25.4 Å². The summed E-state index contributed by atoms with van der Waals surface area (Å²) < 4.78 is 11.1. The summed E-state index contributed by atoms with van der Waals surface area (Å²) in [5, 5.41) is 8.60. The Balaban J connectivity index is 1.80. The predicted octanol–water partition coefficient (Wildman–Crippen LogP) is 3.90. The number of ketones is 1. The SMILES string of the molecule is Cc1cccc(C)c1COCOc1ccc(C(=O)CCC(=O)O)cc1. The van der Waals surface area contributed by atoms with Gasteiger partial charge < -0.3 is 14.6 Å². The highest BCUT2D eigenvalue weighted by Gasteiger charge is 2.08. The molecule has 1 N–H and O–H groups in total. The molecule has 0 amide bonds. The molecule has 25 heavy (non-hydrogen) atoms. The number of carbonyl (C=O) groups excluding carboxylic acids is 1. The minimum Gasteiger partial charge on any atom is -0.481 e. The molecule has 0 aliphatic carbocycles. The molecular weight excluding hydrogens is 320 g/mol. The zero-order valence-corrected chi connectivity index (χ0v) is 14.5. The number of aryl methyl sites for hydroxylation is 2. The van der Waals surface area contributed by atoms with Gasteiger partial charge in [0.2, 0.25) is 0 Å². The average molecular weight is 342 g/mol. The van der Waals surface area contributed by atoms with Crippen LogP contribution >= 0.6 is 0 Å². The van der Waals surface area contributed by atoms with Crippen molar-refractivity contribution in [1.82, 2.24) is 0 Å². The number of benzene rings is 2. The van der Waals surface area contributed by atoms with Crippen molar-refractivity contribution in [2.45, 2.75) is 33.3 Å². The molecule has 0 saturated heterocycles. The van der Waals surface area contributed by atoms with Gasteiger partial charge in [-0.1, -0.05) is 18.2 Å². The summed E-state index contributed by atoms with van der Waals surface area (Å²) in [6, 6.07) is 12.7. The fraction of sp³-hybridized carbons (Fsp3) is 0.300. The summed E-state index contributed by atoms with van der Waals surface area (Å²) in [5.74, 6) is -0.578. The molecule has 2 rings (SSSR count). The molecule has 0 bridgehead atoms. The maximum absolute atomic E-state index is 11.8. The fourth-order valence-electron chi connectivity index (χ4n) is 2.43. The summed E-state index contributed by atoms with van der Waals surface area (Å²) in [5.41, 5.74) is 4.00. The number of hydrogen-bond acceptors (Lipinski definition) is 4. The first-order chi connectivity index (χ1) is 12.0. The van der Waals surface area contributed by atoms with Crippen LogP contribution < -0.4 is 4.74 Å². The summed E-state index contributed by atoms with van der Waals surface area (Å²) in [6.45, 7) is 4.68. The maximum atomic E-state index is 11.8. The topological polar surface area (TPSA) is 72.8 Å². The maximum Gasteiger partial charge on any atom is 0.303 e. The van der Waals surface area contributed by atoms with E-state index in [1.54, 1.807) is 24.3 Å². The van der Waals surface area contributed by atoms with Gasteiger partial charge in [-0.05, 0) is 54.8 Å². The van der Waals surface area contributed by atoms with Crippen molar-refractivity contribution >= 4 is 11.8 Å². The Hall–Kier alpha value is -2.66. The third-order valence-corrected chi connectivity index (χ3v) is 3.94. The number of carbonyl (C=O) groups is 2. The Bertz CT molecular complexity index is 714. The molecule has 0 aromatic heterocycles. The number of ether oxygens (including phenoxy) is 2. The number of carboxylic acids is 1. The third-order valence-electron chi connectivity index (χ3n) is 3.94. The molecule has 0 unspecified atom stereocenters. The van der Waals surface area contributed by atoms with Crippen LogP contribution in [0.3, 0.4) is 0 Å². The highest BCUT2D eigenvalue weighted by atomic mass is 16.7. The van der Waals surface area contributed by atoms with E-state index < -0.39 is 5.97 Å². The van der Waals surface area contributed by atoms with E-state index in [0.717, 1.165) is 5.56 Å². The standard InChI is InChI=1S/C20H22O5/c1-14-4-3-5-15(2)18(14)12-24-13-25-17-8-6-16(7-9-17)19(21)10-11-20(22)23/h3-9H,10-13H2,1-2H3,(H,22,23). The van der Waals surface area contributed by atoms with Gasteiger partial charge in [0.1, 0.15) is 5.75 Å². The zero-order chi connectivity index (χ0) is 18.2. The Kier molecular flexibility index (Phi) is 6.71. The van der Waals surface area contributed by atoms with E-state index in [2.05, 4.69) is 0 Å². The van der Waals surface area contributed by atoms with E-state index in [4.69, 9.17) is 14.6 Å². The van der Waals surface area contributed by atoms with E-state index in [9.17, 15) is 9.59 Å². The first-order valence-corrected chi connectivity index (χ1v) is 8.08. The van der Waals surface area contributed by atoms with Crippen molar-refractivity contribution in [3.05, 3.63) is 64.7 Å². The zero-order valence-electron chi connectivity index (χ0n) is 14.5. The molecule has 5 heteroatoms. The lowest BCUT2D eigenvalue weighted by molar-refractivity contribution is -0.136. The lowest BCUT2D eigenvalue weighted by atomic mass is 10.0. The monoisotopic (exact) mass is 342 g/mol. The summed E-state index contributed by atoms with van der Waals surface area (Å²) in [4.78, 5) is 22.3. The highest BCUT2D eigenvalue weighted by Crippen LogP contribution is 2.16. The van der Waals surface area contributed by atoms with E-state index >= 15 is 0 Å². The summed E-state index contributed by atoms with van der Waals surface area (Å²) in [7, 11) is 0. The second-order valence-electron chi connectivity index (χ2n) is 5.82. The molecule has 0 fully saturated rings. The van der Waals surface area contributed by atoms with Crippen LogP contribution in [0, 0.1) is 13.8 Å². The Morgan fingerprint density at radius 1 is 0.960 bits per heavy atom. The van der Waals surface area contributed by atoms with Gasteiger partial charge in [0.05, 0.1) is 13.0 Å². The van der Waals surface area contributed by atoms with Gasteiger partial charge >= 0.3 is 5.97 Å². The molecular formula is C20H22O5. The number of hydrogen-bond donors (Lipinski definition) is 1. The molecule has 2 aromatic carbocycles. The van der Waals surface area contributed by atoms with Crippen molar-refractivity contribution < 1.29 is 24.2 Å². The normalized spacial score (nSPS) is 10.5. The van der Waals surface area contributed by atoms with Gasteiger partial charge in [-0.15, -0.1) is 0 Å². The largest absolute Gasteiger partial charge is 0.481 e. The van der Waals surface area contributed by atoms with Crippen LogP contribution in [-0.4, -0.2) is 23.7 Å². The van der Waals surface area contributed by atoms with Crippen molar-refractivity contribution in [2.24, 2.45) is 0 Å². The third kappa shape index (κ3) is 5.72. The first-order valence-electron chi connectivity index (χ1n) is 8.08. The van der Waals surface area contributed by atoms with Crippen LogP contribution in [-0.2, 0) is 16.1 Å². The van der Waals surface area contributed by atoms with Crippen molar-refractivity contribution in [3.8, 4) is 5.75 Å². The Labute approximate surface area is 147 Å². The quantitative estimate of drug-likeness (QED) is 0.425. The lowest BCUT2D eigenvalue weighted by Crippen LogP contribution is -2.06. The van der Waals surface area contributed by atoms with Gasteiger partial charge in [-0.2, -0.15) is 0 Å². The molecule has 2 aromatic rings. The van der Waals surface area contributed by atoms with Crippen molar-refractivity contribution in [2.75, 3.05) is 6.79 Å². The summed E-state index contributed by atoms with van der Waals surface area (Å²) in [6.07, 6.45) is -0.169. The molecule has 0 aliphatic rings.